The molecule has 0 bridgehead atoms. The average Bonchev–Trinajstić information content (AvgIpc) is 2.02. The fraction of sp³-hybridized carbons (Fsp3) is 0.333. The molecule has 0 saturated heterocycles. The Morgan fingerprint density at radius 1 is 1.00 bits per heavy atom. The summed E-state index contributed by atoms with van der Waals surface area (Å²) in [7, 11) is 0. The highest BCUT2D eigenvalue weighted by atomic mass is 35.6. The number of rotatable bonds is 2. The van der Waals surface area contributed by atoms with Crippen LogP contribution in [0.4, 0.5) is 0 Å². The molecule has 0 aromatic heterocycles. The largest absolute Gasteiger partial charge is 0.190 e. The number of hydrogen-bond acceptors (Lipinski definition) is 0. The third kappa shape index (κ3) is 4.20. The molecule has 0 nitrogen and oxygen atoms in total. The van der Waals surface area contributed by atoms with Crippen LogP contribution in [0.3, 0.4) is 0 Å². The van der Waals surface area contributed by atoms with Crippen LogP contribution in [-0.4, -0.2) is 3.79 Å². The lowest BCUT2D eigenvalue weighted by Crippen LogP contribution is -2.03. The Hall–Kier alpha value is 0.0900. The lowest BCUT2D eigenvalue weighted by molar-refractivity contribution is 0.852. The maximum Gasteiger partial charge on any atom is 0.190 e. The van der Waals surface area contributed by atoms with Crippen LogP contribution in [0.15, 0.2) is 30.3 Å². The van der Waals surface area contributed by atoms with E-state index >= 15 is 0 Å². The van der Waals surface area contributed by atoms with Gasteiger partial charge in [-0.1, -0.05) is 65.1 Å². The number of halogens is 3. The van der Waals surface area contributed by atoms with E-state index in [2.05, 4.69) is 0 Å². The van der Waals surface area contributed by atoms with E-state index in [9.17, 15) is 0 Å². The van der Waals surface area contributed by atoms with Gasteiger partial charge in [0.05, 0.1) is 0 Å². The van der Waals surface area contributed by atoms with Crippen LogP contribution in [0.25, 0.3) is 0 Å². The Morgan fingerprint density at radius 2 is 1.58 bits per heavy atom. The standard InChI is InChI=1S/C9H9Cl3/c10-9(11,12)7-6-8-4-2-1-3-5-8/h1-5H,6-7H2. The highest BCUT2D eigenvalue weighted by molar-refractivity contribution is 6.67. The van der Waals surface area contributed by atoms with E-state index in [0.29, 0.717) is 6.42 Å². The summed E-state index contributed by atoms with van der Waals surface area (Å²) in [6, 6.07) is 9.98. The zero-order valence-corrected chi connectivity index (χ0v) is 8.70. The van der Waals surface area contributed by atoms with Gasteiger partial charge in [0.15, 0.2) is 3.79 Å². The number of aryl methyl sites for hydroxylation is 1. The van der Waals surface area contributed by atoms with Crippen molar-refractivity contribution in [3.63, 3.8) is 0 Å². The van der Waals surface area contributed by atoms with Gasteiger partial charge in [0.2, 0.25) is 0 Å². The molecular formula is C9H9Cl3. The predicted molar refractivity (Wildman–Crippen MR) is 55.1 cm³/mol. The fourth-order valence-corrected chi connectivity index (χ4v) is 1.21. The minimum atomic E-state index is -1.13. The number of hydrogen-bond donors (Lipinski definition) is 0. The van der Waals surface area contributed by atoms with Crippen molar-refractivity contribution < 1.29 is 0 Å². The molecule has 0 spiro atoms. The fourth-order valence-electron chi connectivity index (χ4n) is 0.931. The van der Waals surface area contributed by atoms with Crippen LogP contribution in [0.5, 0.6) is 0 Å². The second-order valence-electron chi connectivity index (χ2n) is 2.60. The van der Waals surface area contributed by atoms with E-state index in [1.54, 1.807) is 0 Å². The first-order valence-electron chi connectivity index (χ1n) is 3.68. The first kappa shape index (κ1) is 10.2. The van der Waals surface area contributed by atoms with Crippen LogP contribution < -0.4 is 0 Å². The van der Waals surface area contributed by atoms with Crippen LogP contribution in [-0.2, 0) is 6.42 Å². The Kier molecular flexibility index (Phi) is 3.70. The predicted octanol–water partition coefficient (Wildman–Crippen LogP) is 3.99. The molecule has 0 amide bonds. The van der Waals surface area contributed by atoms with Crippen LogP contribution in [0, 0.1) is 0 Å². The van der Waals surface area contributed by atoms with E-state index in [1.165, 1.54) is 5.56 Å². The molecule has 1 rings (SSSR count). The van der Waals surface area contributed by atoms with Gasteiger partial charge >= 0.3 is 0 Å². The SMILES string of the molecule is ClC(Cl)(Cl)CCc1ccccc1. The molecule has 0 atom stereocenters. The lowest BCUT2D eigenvalue weighted by atomic mass is 10.1. The van der Waals surface area contributed by atoms with Gasteiger partial charge in [-0.15, -0.1) is 0 Å². The summed E-state index contributed by atoms with van der Waals surface area (Å²) in [5, 5.41) is 0. The highest BCUT2D eigenvalue weighted by Gasteiger charge is 2.18. The molecule has 1 aromatic carbocycles. The van der Waals surface area contributed by atoms with Crippen molar-refractivity contribution in [1.29, 1.82) is 0 Å². The van der Waals surface area contributed by atoms with E-state index in [1.807, 2.05) is 30.3 Å². The second kappa shape index (κ2) is 4.36. The summed E-state index contributed by atoms with van der Waals surface area (Å²) in [6.45, 7) is 0. The molecule has 12 heavy (non-hydrogen) atoms. The van der Waals surface area contributed by atoms with Gasteiger partial charge in [-0.25, -0.2) is 0 Å². The smallest absolute Gasteiger partial charge is 0.0837 e. The molecule has 0 heterocycles. The summed E-state index contributed by atoms with van der Waals surface area (Å²) in [5.74, 6) is 0. The number of alkyl halides is 3. The number of benzene rings is 1. The molecule has 0 radical (unpaired) electrons. The molecule has 0 saturated carbocycles. The van der Waals surface area contributed by atoms with Gasteiger partial charge in [-0.3, -0.25) is 0 Å². The summed E-state index contributed by atoms with van der Waals surface area (Å²) in [6.07, 6.45) is 1.36. The van der Waals surface area contributed by atoms with Crippen molar-refractivity contribution in [3.05, 3.63) is 35.9 Å². The lowest BCUT2D eigenvalue weighted by Gasteiger charge is -2.09. The molecule has 66 valence electrons. The maximum absolute atomic E-state index is 5.61. The normalized spacial score (nSPS) is 11.6. The zero-order valence-electron chi connectivity index (χ0n) is 6.43. The minimum absolute atomic E-state index is 0.557. The van der Waals surface area contributed by atoms with Crippen molar-refractivity contribution in [1.82, 2.24) is 0 Å². The molecule has 0 aliphatic heterocycles. The zero-order chi connectivity index (χ0) is 9.03. The minimum Gasteiger partial charge on any atom is -0.0837 e. The van der Waals surface area contributed by atoms with Crippen molar-refractivity contribution in [3.8, 4) is 0 Å². The van der Waals surface area contributed by atoms with Gasteiger partial charge in [0, 0.05) is 0 Å². The molecule has 1 aromatic rings. The molecule has 0 N–H and O–H groups in total. The molecular weight excluding hydrogens is 214 g/mol. The Bertz CT molecular complexity index is 225. The summed E-state index contributed by atoms with van der Waals surface area (Å²) in [4.78, 5) is 0. The van der Waals surface area contributed by atoms with Gasteiger partial charge in [0.25, 0.3) is 0 Å². The van der Waals surface area contributed by atoms with Gasteiger partial charge in [-0.2, -0.15) is 0 Å². The second-order valence-corrected chi connectivity index (χ2v) is 5.12. The molecule has 3 heteroatoms. The molecule has 0 fully saturated rings. The Morgan fingerprint density at radius 3 is 2.08 bits per heavy atom. The summed E-state index contributed by atoms with van der Waals surface area (Å²) < 4.78 is -1.13. The summed E-state index contributed by atoms with van der Waals surface area (Å²) in [5.41, 5.74) is 1.20. The van der Waals surface area contributed by atoms with E-state index < -0.39 is 3.79 Å². The monoisotopic (exact) mass is 222 g/mol. The van der Waals surface area contributed by atoms with Gasteiger partial charge in [0.1, 0.15) is 0 Å². The first-order chi connectivity index (χ1) is 5.58. The van der Waals surface area contributed by atoms with E-state index in [-0.39, 0.29) is 0 Å². The van der Waals surface area contributed by atoms with E-state index in [0.717, 1.165) is 6.42 Å². The van der Waals surface area contributed by atoms with Crippen LogP contribution in [0.1, 0.15) is 12.0 Å². The van der Waals surface area contributed by atoms with Crippen molar-refractivity contribution in [2.45, 2.75) is 16.6 Å². The third-order valence-corrected chi connectivity index (χ3v) is 2.11. The quantitative estimate of drug-likeness (QED) is 0.665. The Balaban J connectivity index is 2.44. The summed E-state index contributed by atoms with van der Waals surface area (Å²) >= 11 is 16.8. The third-order valence-electron chi connectivity index (χ3n) is 1.54. The van der Waals surface area contributed by atoms with Crippen molar-refractivity contribution in [2.75, 3.05) is 0 Å². The molecule has 0 aliphatic carbocycles. The molecule has 0 aliphatic rings. The first-order valence-corrected chi connectivity index (χ1v) is 4.82. The average molecular weight is 224 g/mol. The van der Waals surface area contributed by atoms with Gasteiger partial charge in [-0.05, 0) is 18.4 Å². The van der Waals surface area contributed by atoms with Crippen molar-refractivity contribution >= 4 is 34.8 Å². The topological polar surface area (TPSA) is 0 Å². The van der Waals surface area contributed by atoms with Crippen LogP contribution in [0.2, 0.25) is 0 Å². The van der Waals surface area contributed by atoms with Crippen molar-refractivity contribution in [2.24, 2.45) is 0 Å². The highest BCUT2D eigenvalue weighted by Crippen LogP contribution is 2.31. The Labute approximate surface area is 87.4 Å². The van der Waals surface area contributed by atoms with Crippen LogP contribution >= 0.6 is 34.8 Å². The van der Waals surface area contributed by atoms with E-state index in [4.69, 9.17) is 34.8 Å². The maximum atomic E-state index is 5.61. The molecule has 0 unspecified atom stereocenters. The van der Waals surface area contributed by atoms with Gasteiger partial charge < -0.3 is 0 Å².